The number of carbonyl (C=O) groups excluding carboxylic acids is 2. The molecule has 6 heteroatoms. The third-order valence-corrected chi connectivity index (χ3v) is 2.98. The second-order valence-corrected chi connectivity index (χ2v) is 5.76. The molecule has 2 aromatic rings. The van der Waals surface area contributed by atoms with Crippen LogP contribution in [0.5, 0.6) is 5.75 Å². The van der Waals surface area contributed by atoms with Gasteiger partial charge in [-0.05, 0) is 45.0 Å². The van der Waals surface area contributed by atoms with Crippen LogP contribution in [-0.2, 0) is 9.47 Å². The first-order valence-electron chi connectivity index (χ1n) is 6.78. The second-order valence-electron chi connectivity index (χ2n) is 5.76. The fraction of sp³-hybridized carbons (Fsp3) is 0.375. The van der Waals surface area contributed by atoms with Crippen molar-refractivity contribution in [3.63, 3.8) is 0 Å². The van der Waals surface area contributed by atoms with Gasteiger partial charge in [-0.15, -0.1) is 0 Å². The van der Waals surface area contributed by atoms with Gasteiger partial charge in [0.1, 0.15) is 17.0 Å². The number of esters is 1. The minimum atomic E-state index is -0.673. The molecule has 6 nitrogen and oxygen atoms in total. The van der Waals surface area contributed by atoms with Crippen molar-refractivity contribution >= 4 is 23.0 Å². The zero-order valence-corrected chi connectivity index (χ0v) is 13.3. The minimum absolute atomic E-state index is 0.111. The van der Waals surface area contributed by atoms with Gasteiger partial charge in [-0.1, -0.05) is 0 Å². The predicted octanol–water partition coefficient (Wildman–Crippen LogP) is 3.22. The number of ether oxygens (including phenoxy) is 3. The molecule has 0 aliphatic heterocycles. The highest BCUT2D eigenvalue weighted by atomic mass is 16.6. The molecule has 22 heavy (non-hydrogen) atoms. The molecule has 2 rings (SSSR count). The van der Waals surface area contributed by atoms with Crippen molar-refractivity contribution in [1.29, 1.82) is 0 Å². The summed E-state index contributed by atoms with van der Waals surface area (Å²) in [6.45, 7) is 5.28. The summed E-state index contributed by atoms with van der Waals surface area (Å²) in [6.07, 6.45) is -0.631. The fourth-order valence-corrected chi connectivity index (χ4v) is 2.08. The molecule has 0 fully saturated rings. The Hall–Kier alpha value is -2.50. The SMILES string of the molecule is COC(=O)c1cc2cc(OC)ccc2n1C(=O)OC(C)(C)C. The van der Waals surface area contributed by atoms with Crippen molar-refractivity contribution in [2.45, 2.75) is 26.4 Å². The average Bonchev–Trinajstić information content (AvgIpc) is 2.82. The molecule has 0 spiro atoms. The van der Waals surface area contributed by atoms with E-state index in [4.69, 9.17) is 14.2 Å². The van der Waals surface area contributed by atoms with Crippen LogP contribution >= 0.6 is 0 Å². The summed E-state index contributed by atoms with van der Waals surface area (Å²) in [4.78, 5) is 24.4. The minimum Gasteiger partial charge on any atom is -0.497 e. The molecule has 118 valence electrons. The van der Waals surface area contributed by atoms with Crippen molar-refractivity contribution in [1.82, 2.24) is 4.57 Å². The van der Waals surface area contributed by atoms with Crippen LogP contribution in [0.2, 0.25) is 0 Å². The van der Waals surface area contributed by atoms with E-state index in [1.54, 1.807) is 52.1 Å². The Kier molecular flexibility index (Phi) is 4.12. The number of hydrogen-bond acceptors (Lipinski definition) is 5. The summed E-state index contributed by atoms with van der Waals surface area (Å²) in [5.74, 6) is 0.0197. The van der Waals surface area contributed by atoms with E-state index >= 15 is 0 Å². The molecule has 0 unspecified atom stereocenters. The molecule has 0 aliphatic carbocycles. The summed E-state index contributed by atoms with van der Waals surface area (Å²) in [5.41, 5.74) is -0.0106. The van der Waals surface area contributed by atoms with E-state index < -0.39 is 17.7 Å². The zero-order valence-electron chi connectivity index (χ0n) is 13.3. The zero-order chi connectivity index (χ0) is 16.5. The molecule has 0 aliphatic rings. The van der Waals surface area contributed by atoms with Gasteiger partial charge in [0.25, 0.3) is 0 Å². The first-order valence-corrected chi connectivity index (χ1v) is 6.78. The molecule has 0 atom stereocenters. The number of methoxy groups -OCH3 is 2. The first-order chi connectivity index (χ1) is 10.3. The number of fused-ring (bicyclic) bond motifs is 1. The summed E-state index contributed by atoms with van der Waals surface area (Å²) in [6, 6.07) is 6.73. The summed E-state index contributed by atoms with van der Waals surface area (Å²) in [5, 5.41) is 0.686. The first kappa shape index (κ1) is 15.9. The number of hydrogen-bond donors (Lipinski definition) is 0. The van der Waals surface area contributed by atoms with Gasteiger partial charge in [0.15, 0.2) is 0 Å². The number of carbonyl (C=O) groups is 2. The van der Waals surface area contributed by atoms with Gasteiger partial charge < -0.3 is 14.2 Å². The van der Waals surface area contributed by atoms with E-state index in [1.165, 1.54) is 11.7 Å². The van der Waals surface area contributed by atoms with Crippen LogP contribution in [0.1, 0.15) is 31.3 Å². The van der Waals surface area contributed by atoms with Gasteiger partial charge in [0, 0.05) is 5.39 Å². The normalized spacial score (nSPS) is 11.3. The second kappa shape index (κ2) is 5.71. The Morgan fingerprint density at radius 2 is 1.77 bits per heavy atom. The third kappa shape index (κ3) is 3.05. The van der Waals surface area contributed by atoms with Crippen LogP contribution in [0.15, 0.2) is 24.3 Å². The summed E-state index contributed by atoms with van der Waals surface area (Å²) < 4.78 is 16.5. The molecule has 0 radical (unpaired) electrons. The van der Waals surface area contributed by atoms with Crippen molar-refractivity contribution in [3.8, 4) is 5.75 Å². The van der Waals surface area contributed by atoms with E-state index in [1.807, 2.05) is 0 Å². The number of aromatic nitrogens is 1. The summed E-state index contributed by atoms with van der Waals surface area (Å²) >= 11 is 0. The monoisotopic (exact) mass is 305 g/mol. The maximum absolute atomic E-state index is 12.4. The highest BCUT2D eigenvalue weighted by Crippen LogP contribution is 2.26. The van der Waals surface area contributed by atoms with E-state index in [-0.39, 0.29) is 5.69 Å². The van der Waals surface area contributed by atoms with E-state index in [9.17, 15) is 9.59 Å². The van der Waals surface area contributed by atoms with Crippen LogP contribution in [0.25, 0.3) is 10.9 Å². The lowest BCUT2D eigenvalue weighted by molar-refractivity contribution is 0.0489. The van der Waals surface area contributed by atoms with Gasteiger partial charge in [-0.25, -0.2) is 14.2 Å². The molecule has 0 N–H and O–H groups in total. The fourth-order valence-electron chi connectivity index (χ4n) is 2.08. The van der Waals surface area contributed by atoms with E-state index in [0.717, 1.165) is 0 Å². The van der Waals surface area contributed by atoms with Crippen molar-refractivity contribution < 1.29 is 23.8 Å². The Labute approximate surface area is 128 Å². The predicted molar refractivity (Wildman–Crippen MR) is 81.5 cm³/mol. The average molecular weight is 305 g/mol. The van der Waals surface area contributed by atoms with Crippen LogP contribution in [0, 0.1) is 0 Å². The van der Waals surface area contributed by atoms with Crippen LogP contribution in [0.4, 0.5) is 4.79 Å². The Balaban J connectivity index is 2.62. The Bertz CT molecular complexity index is 724. The van der Waals surface area contributed by atoms with E-state index in [0.29, 0.717) is 16.7 Å². The Morgan fingerprint density at radius 3 is 2.32 bits per heavy atom. The van der Waals surface area contributed by atoms with Crippen molar-refractivity contribution in [2.75, 3.05) is 14.2 Å². The maximum Gasteiger partial charge on any atom is 0.419 e. The standard InChI is InChI=1S/C16H19NO5/c1-16(2,3)22-15(19)17-12-7-6-11(20-4)8-10(12)9-13(17)14(18)21-5/h6-9H,1-5H3. The highest BCUT2D eigenvalue weighted by molar-refractivity contribution is 6.01. The van der Waals surface area contributed by atoms with E-state index in [2.05, 4.69) is 0 Å². The van der Waals surface area contributed by atoms with Crippen molar-refractivity contribution in [3.05, 3.63) is 30.0 Å². The Morgan fingerprint density at radius 1 is 1.09 bits per heavy atom. The van der Waals surface area contributed by atoms with Gasteiger partial charge >= 0.3 is 12.1 Å². The van der Waals surface area contributed by atoms with Crippen molar-refractivity contribution in [2.24, 2.45) is 0 Å². The molecular formula is C16H19NO5. The van der Waals surface area contributed by atoms with Crippen LogP contribution in [0.3, 0.4) is 0 Å². The lowest BCUT2D eigenvalue weighted by Crippen LogP contribution is -2.29. The molecule has 1 aromatic carbocycles. The van der Waals surface area contributed by atoms with Gasteiger partial charge in [0.2, 0.25) is 0 Å². The van der Waals surface area contributed by atoms with Gasteiger partial charge in [0.05, 0.1) is 19.7 Å². The lowest BCUT2D eigenvalue weighted by atomic mass is 10.2. The number of benzene rings is 1. The van der Waals surface area contributed by atoms with Gasteiger partial charge in [-0.3, -0.25) is 0 Å². The summed E-state index contributed by atoms with van der Waals surface area (Å²) in [7, 11) is 2.81. The highest BCUT2D eigenvalue weighted by Gasteiger charge is 2.25. The molecule has 1 heterocycles. The lowest BCUT2D eigenvalue weighted by Gasteiger charge is -2.20. The molecule has 1 aromatic heterocycles. The third-order valence-electron chi connectivity index (χ3n) is 2.98. The topological polar surface area (TPSA) is 66.8 Å². The quantitative estimate of drug-likeness (QED) is 0.797. The molecule has 0 saturated heterocycles. The maximum atomic E-state index is 12.4. The van der Waals surface area contributed by atoms with Crippen LogP contribution in [-0.4, -0.2) is 36.5 Å². The van der Waals surface area contributed by atoms with Gasteiger partial charge in [-0.2, -0.15) is 0 Å². The van der Waals surface area contributed by atoms with Crippen LogP contribution < -0.4 is 4.74 Å². The molecule has 0 saturated carbocycles. The largest absolute Gasteiger partial charge is 0.497 e. The number of nitrogens with zero attached hydrogens (tertiary/aromatic N) is 1. The molecule has 0 amide bonds. The molecule has 0 bridgehead atoms. The number of rotatable bonds is 2. The smallest absolute Gasteiger partial charge is 0.419 e. The molecular weight excluding hydrogens is 286 g/mol.